The fourth-order valence-electron chi connectivity index (χ4n) is 4.81. The van der Waals surface area contributed by atoms with Gasteiger partial charge in [0.25, 0.3) is 0 Å². The molecule has 1 saturated heterocycles. The number of carbonyl (C=O) groups is 1. The normalized spacial score (nSPS) is 22.6. The zero-order valence-electron chi connectivity index (χ0n) is 16.0. The van der Waals surface area contributed by atoms with Crippen molar-refractivity contribution in [2.24, 2.45) is 0 Å². The summed E-state index contributed by atoms with van der Waals surface area (Å²) in [6, 6.07) is 29.0. The Labute approximate surface area is 166 Å². The van der Waals surface area contributed by atoms with Crippen LogP contribution in [0.25, 0.3) is 0 Å². The van der Waals surface area contributed by atoms with Gasteiger partial charge in [0.05, 0.1) is 6.04 Å². The highest BCUT2D eigenvalue weighted by Crippen LogP contribution is 2.48. The van der Waals surface area contributed by atoms with Crippen LogP contribution in [0.5, 0.6) is 0 Å². The Bertz CT molecular complexity index is 986. The van der Waals surface area contributed by atoms with Crippen LogP contribution < -0.4 is 0 Å². The van der Waals surface area contributed by atoms with Crippen molar-refractivity contribution in [3.05, 3.63) is 107 Å². The van der Waals surface area contributed by atoms with E-state index < -0.39 is 0 Å². The summed E-state index contributed by atoms with van der Waals surface area (Å²) in [6.07, 6.45) is 0.967. The summed E-state index contributed by atoms with van der Waals surface area (Å²) in [5.74, 6) is 0.198. The lowest BCUT2D eigenvalue weighted by Gasteiger charge is -2.39. The van der Waals surface area contributed by atoms with Gasteiger partial charge in [0.1, 0.15) is 12.2 Å². The molecule has 2 heterocycles. The summed E-state index contributed by atoms with van der Waals surface area (Å²) >= 11 is 0. The number of fused-ring (bicyclic) bond motifs is 3. The van der Waals surface area contributed by atoms with Crippen molar-refractivity contribution in [3.8, 4) is 0 Å². The van der Waals surface area contributed by atoms with E-state index in [9.17, 15) is 4.79 Å². The molecular formula is C25H24N2O. The van der Waals surface area contributed by atoms with Crippen LogP contribution in [-0.2, 0) is 11.2 Å². The predicted molar refractivity (Wildman–Crippen MR) is 110 cm³/mol. The zero-order chi connectivity index (χ0) is 19.1. The molecule has 0 unspecified atom stereocenters. The molecule has 3 heteroatoms. The Kier molecular flexibility index (Phi) is 4.25. The van der Waals surface area contributed by atoms with E-state index in [4.69, 9.17) is 0 Å². The van der Waals surface area contributed by atoms with Crippen molar-refractivity contribution in [1.82, 2.24) is 9.80 Å². The molecule has 5 rings (SSSR count). The van der Waals surface area contributed by atoms with Gasteiger partial charge in [-0.05, 0) is 35.6 Å². The Hall–Kier alpha value is -2.91. The minimum absolute atomic E-state index is 0.0149. The molecule has 3 atom stereocenters. The maximum Gasteiger partial charge on any atom is 0.246 e. The van der Waals surface area contributed by atoms with E-state index >= 15 is 0 Å². The van der Waals surface area contributed by atoms with Gasteiger partial charge in [-0.25, -0.2) is 0 Å². The van der Waals surface area contributed by atoms with Gasteiger partial charge in [0.15, 0.2) is 0 Å². The van der Waals surface area contributed by atoms with E-state index in [1.54, 1.807) is 0 Å². The highest BCUT2D eigenvalue weighted by atomic mass is 16.2. The molecular weight excluding hydrogens is 344 g/mol. The van der Waals surface area contributed by atoms with Crippen molar-refractivity contribution in [3.63, 3.8) is 0 Å². The molecule has 0 aromatic heterocycles. The van der Waals surface area contributed by atoms with E-state index in [0.29, 0.717) is 0 Å². The molecule has 1 amide bonds. The van der Waals surface area contributed by atoms with Crippen LogP contribution in [0, 0.1) is 0 Å². The Morgan fingerprint density at radius 2 is 1.50 bits per heavy atom. The van der Waals surface area contributed by atoms with E-state index in [1.807, 2.05) is 36.4 Å². The Balaban J connectivity index is 1.64. The molecule has 0 spiro atoms. The zero-order valence-corrected chi connectivity index (χ0v) is 16.0. The summed E-state index contributed by atoms with van der Waals surface area (Å²) in [7, 11) is 0. The molecule has 28 heavy (non-hydrogen) atoms. The molecule has 3 aromatic rings. The van der Waals surface area contributed by atoms with Crippen molar-refractivity contribution >= 4 is 5.91 Å². The number of benzene rings is 3. The lowest BCUT2D eigenvalue weighted by atomic mass is 9.95. The van der Waals surface area contributed by atoms with Gasteiger partial charge in [-0.2, -0.15) is 0 Å². The lowest BCUT2D eigenvalue weighted by Crippen LogP contribution is -2.38. The first-order valence-corrected chi connectivity index (χ1v) is 10.0. The first kappa shape index (κ1) is 17.2. The number of hydrogen-bond donors (Lipinski definition) is 0. The molecule has 3 nitrogen and oxygen atoms in total. The molecule has 1 fully saturated rings. The van der Waals surface area contributed by atoms with Crippen molar-refractivity contribution < 1.29 is 4.79 Å². The predicted octanol–water partition coefficient (Wildman–Crippen LogP) is 4.89. The number of hydrogen-bond acceptors (Lipinski definition) is 2. The minimum Gasteiger partial charge on any atom is -0.314 e. The Morgan fingerprint density at radius 1 is 0.857 bits per heavy atom. The maximum atomic E-state index is 13.8. The number of rotatable bonds is 3. The molecule has 0 bridgehead atoms. The van der Waals surface area contributed by atoms with Crippen molar-refractivity contribution in [1.29, 1.82) is 0 Å². The minimum atomic E-state index is -0.217. The number of carbonyl (C=O) groups excluding carboxylic acids is 1. The SMILES string of the molecule is C[C@@H](c1ccccc1)N1C(=O)[C@H](c2ccccc2)N2CCc3ccccc3[C@H]21. The summed E-state index contributed by atoms with van der Waals surface area (Å²) < 4.78 is 0. The summed E-state index contributed by atoms with van der Waals surface area (Å²) in [5.41, 5.74) is 4.88. The third kappa shape index (κ3) is 2.66. The molecule has 2 aliphatic rings. The highest BCUT2D eigenvalue weighted by molar-refractivity contribution is 5.86. The average molecular weight is 368 g/mol. The average Bonchev–Trinajstić information content (AvgIpc) is 3.06. The van der Waals surface area contributed by atoms with E-state index in [2.05, 4.69) is 65.3 Å². The first-order valence-electron chi connectivity index (χ1n) is 10.0. The highest BCUT2D eigenvalue weighted by Gasteiger charge is 2.50. The van der Waals surface area contributed by atoms with Crippen LogP contribution in [0.3, 0.4) is 0 Å². The number of nitrogens with zero attached hydrogens (tertiary/aromatic N) is 2. The molecule has 0 aliphatic carbocycles. The molecule has 140 valence electrons. The molecule has 0 saturated carbocycles. The van der Waals surface area contributed by atoms with Crippen LogP contribution in [0.2, 0.25) is 0 Å². The summed E-state index contributed by atoms with van der Waals surface area (Å²) in [4.78, 5) is 18.3. The largest absolute Gasteiger partial charge is 0.314 e. The smallest absolute Gasteiger partial charge is 0.246 e. The number of amides is 1. The van der Waals surface area contributed by atoms with Gasteiger partial charge in [0, 0.05) is 6.54 Å². The van der Waals surface area contributed by atoms with Gasteiger partial charge >= 0.3 is 0 Å². The topological polar surface area (TPSA) is 23.6 Å². The third-order valence-corrected chi connectivity index (χ3v) is 6.18. The van der Waals surface area contributed by atoms with Gasteiger partial charge in [-0.1, -0.05) is 84.9 Å². The van der Waals surface area contributed by atoms with Crippen molar-refractivity contribution in [2.75, 3.05) is 6.54 Å². The van der Waals surface area contributed by atoms with Crippen LogP contribution in [0.15, 0.2) is 84.9 Å². The Morgan fingerprint density at radius 3 is 2.25 bits per heavy atom. The molecule has 2 aliphatic heterocycles. The standard InChI is InChI=1S/C25H24N2O/c1-18(19-10-4-2-5-11-19)27-24-22-15-9-8-12-20(22)16-17-26(24)23(25(27)28)21-13-6-3-7-14-21/h2-15,18,23-24H,16-17H2,1H3/t18-,23-,24+/m0/s1. The fraction of sp³-hybridized carbons (Fsp3) is 0.240. The second-order valence-corrected chi connectivity index (χ2v) is 7.71. The fourth-order valence-corrected chi connectivity index (χ4v) is 4.81. The molecule has 0 radical (unpaired) electrons. The van der Waals surface area contributed by atoms with Crippen LogP contribution >= 0.6 is 0 Å². The van der Waals surface area contributed by atoms with Gasteiger partial charge < -0.3 is 4.90 Å². The van der Waals surface area contributed by atoms with E-state index in [0.717, 1.165) is 18.5 Å². The van der Waals surface area contributed by atoms with Gasteiger partial charge in [0.2, 0.25) is 5.91 Å². The van der Waals surface area contributed by atoms with E-state index in [-0.39, 0.29) is 24.2 Å². The summed E-state index contributed by atoms with van der Waals surface area (Å²) in [5, 5.41) is 0. The summed E-state index contributed by atoms with van der Waals surface area (Å²) in [6.45, 7) is 3.04. The lowest BCUT2D eigenvalue weighted by molar-refractivity contribution is -0.132. The quantitative estimate of drug-likeness (QED) is 0.657. The van der Waals surface area contributed by atoms with Gasteiger partial charge in [-0.15, -0.1) is 0 Å². The first-order chi connectivity index (χ1) is 13.8. The second kappa shape index (κ2) is 6.92. The van der Waals surface area contributed by atoms with Crippen LogP contribution in [-0.4, -0.2) is 22.3 Å². The molecule has 3 aromatic carbocycles. The van der Waals surface area contributed by atoms with Crippen LogP contribution in [0.1, 0.15) is 47.4 Å². The molecule has 0 N–H and O–H groups in total. The maximum absolute atomic E-state index is 13.8. The third-order valence-electron chi connectivity index (χ3n) is 6.18. The van der Waals surface area contributed by atoms with Crippen LogP contribution in [0.4, 0.5) is 0 Å². The second-order valence-electron chi connectivity index (χ2n) is 7.71. The van der Waals surface area contributed by atoms with E-state index in [1.165, 1.54) is 16.7 Å². The monoisotopic (exact) mass is 368 g/mol. The van der Waals surface area contributed by atoms with Gasteiger partial charge in [-0.3, -0.25) is 9.69 Å². The van der Waals surface area contributed by atoms with Crippen molar-refractivity contribution in [2.45, 2.75) is 31.6 Å².